The van der Waals surface area contributed by atoms with Crippen molar-refractivity contribution in [3.05, 3.63) is 51.8 Å². The maximum absolute atomic E-state index is 12.1. The van der Waals surface area contributed by atoms with Gasteiger partial charge in [0, 0.05) is 22.8 Å². The summed E-state index contributed by atoms with van der Waals surface area (Å²) in [7, 11) is 0. The van der Waals surface area contributed by atoms with Gasteiger partial charge in [-0.3, -0.25) is 9.89 Å². The smallest absolute Gasteiger partial charge is 0.272 e. The number of aryl methyl sites for hydroxylation is 1. The van der Waals surface area contributed by atoms with Gasteiger partial charge in [-0.1, -0.05) is 29.8 Å². The number of aromatic amines is 1. The molecular formula is C14H14ClN3O. The molecule has 0 fully saturated rings. The number of fused-ring (bicyclic) bond motifs is 1. The summed E-state index contributed by atoms with van der Waals surface area (Å²) in [5.74, 6) is -0.140. The van der Waals surface area contributed by atoms with Crippen LogP contribution in [-0.4, -0.2) is 16.1 Å². The van der Waals surface area contributed by atoms with Crippen LogP contribution >= 0.6 is 11.6 Å². The number of benzene rings is 1. The molecular weight excluding hydrogens is 262 g/mol. The van der Waals surface area contributed by atoms with Crippen LogP contribution < -0.4 is 5.32 Å². The zero-order chi connectivity index (χ0) is 13.2. The number of nitrogens with zero attached hydrogens (tertiary/aromatic N) is 1. The molecule has 0 aliphatic heterocycles. The molecule has 1 heterocycles. The number of carbonyl (C=O) groups excluding carboxylic acids is 1. The Hall–Kier alpha value is -1.81. The van der Waals surface area contributed by atoms with Crippen molar-refractivity contribution in [2.45, 2.75) is 25.8 Å². The van der Waals surface area contributed by atoms with Crippen molar-refractivity contribution in [2.24, 2.45) is 0 Å². The van der Waals surface area contributed by atoms with Gasteiger partial charge in [-0.2, -0.15) is 5.10 Å². The Balaban J connectivity index is 1.70. The summed E-state index contributed by atoms with van der Waals surface area (Å²) in [6, 6.07) is 7.49. The van der Waals surface area contributed by atoms with Gasteiger partial charge in [-0.25, -0.2) is 0 Å². The van der Waals surface area contributed by atoms with Crippen LogP contribution in [0.2, 0.25) is 5.02 Å². The number of rotatable bonds is 3. The monoisotopic (exact) mass is 275 g/mol. The fraction of sp³-hybridized carbons (Fsp3) is 0.286. The largest absolute Gasteiger partial charge is 0.347 e. The van der Waals surface area contributed by atoms with Crippen LogP contribution in [0.3, 0.4) is 0 Å². The van der Waals surface area contributed by atoms with Crippen molar-refractivity contribution >= 4 is 17.5 Å². The van der Waals surface area contributed by atoms with E-state index in [2.05, 4.69) is 15.5 Å². The Labute approximate surface area is 116 Å². The number of amides is 1. The summed E-state index contributed by atoms with van der Waals surface area (Å²) in [5.41, 5.74) is 3.60. The number of H-pyrrole nitrogens is 1. The Kier molecular flexibility index (Phi) is 3.25. The van der Waals surface area contributed by atoms with Crippen LogP contribution in [0.5, 0.6) is 0 Å². The summed E-state index contributed by atoms with van der Waals surface area (Å²) in [4.78, 5) is 12.1. The molecule has 0 atom stereocenters. The average molecular weight is 276 g/mol. The zero-order valence-corrected chi connectivity index (χ0v) is 11.1. The standard InChI is InChI=1S/C14H14ClN3O/c15-11-6-2-1-4-9(11)8-16-14(19)13-10-5-3-7-12(10)17-18-13/h1-2,4,6H,3,5,7-8H2,(H,16,19)(H,17,18). The molecule has 1 aliphatic rings. The quantitative estimate of drug-likeness (QED) is 0.904. The number of hydrogen-bond acceptors (Lipinski definition) is 2. The lowest BCUT2D eigenvalue weighted by Crippen LogP contribution is -2.24. The van der Waals surface area contributed by atoms with Crippen molar-refractivity contribution in [1.29, 1.82) is 0 Å². The SMILES string of the molecule is O=C(NCc1ccccc1Cl)c1n[nH]c2c1CCC2. The van der Waals surface area contributed by atoms with E-state index in [1.165, 1.54) is 0 Å². The predicted octanol–water partition coefficient (Wildman–Crippen LogP) is 2.48. The van der Waals surface area contributed by atoms with E-state index in [4.69, 9.17) is 11.6 Å². The van der Waals surface area contributed by atoms with E-state index >= 15 is 0 Å². The van der Waals surface area contributed by atoms with E-state index in [-0.39, 0.29) is 5.91 Å². The topological polar surface area (TPSA) is 57.8 Å². The predicted molar refractivity (Wildman–Crippen MR) is 73.2 cm³/mol. The molecule has 98 valence electrons. The van der Waals surface area contributed by atoms with Crippen molar-refractivity contribution in [3.63, 3.8) is 0 Å². The second-order valence-corrected chi connectivity index (χ2v) is 5.06. The molecule has 1 aromatic carbocycles. The average Bonchev–Trinajstić information content (AvgIpc) is 2.99. The number of halogens is 1. The Morgan fingerprint density at radius 3 is 3.05 bits per heavy atom. The Bertz CT molecular complexity index is 621. The van der Waals surface area contributed by atoms with Crippen LogP contribution in [0, 0.1) is 0 Å². The molecule has 5 heteroatoms. The normalized spacial score (nSPS) is 13.3. The number of carbonyl (C=O) groups is 1. The van der Waals surface area contributed by atoms with E-state index in [1.54, 1.807) is 0 Å². The van der Waals surface area contributed by atoms with Crippen molar-refractivity contribution in [2.75, 3.05) is 0 Å². The minimum absolute atomic E-state index is 0.140. The van der Waals surface area contributed by atoms with Crippen molar-refractivity contribution in [3.8, 4) is 0 Å². The number of aromatic nitrogens is 2. The first-order valence-electron chi connectivity index (χ1n) is 6.33. The third-order valence-corrected chi connectivity index (χ3v) is 3.79. The van der Waals surface area contributed by atoms with E-state index in [9.17, 15) is 4.79 Å². The summed E-state index contributed by atoms with van der Waals surface area (Å²) in [6.07, 6.45) is 3.01. The fourth-order valence-corrected chi connectivity index (χ4v) is 2.61. The first kappa shape index (κ1) is 12.2. The van der Waals surface area contributed by atoms with Crippen LogP contribution in [0.4, 0.5) is 0 Å². The molecule has 4 nitrogen and oxygen atoms in total. The molecule has 0 bridgehead atoms. The summed E-state index contributed by atoms with van der Waals surface area (Å²) in [5, 5.41) is 10.6. The highest BCUT2D eigenvalue weighted by molar-refractivity contribution is 6.31. The Morgan fingerprint density at radius 1 is 1.37 bits per heavy atom. The number of nitrogens with one attached hydrogen (secondary N) is 2. The highest BCUT2D eigenvalue weighted by atomic mass is 35.5. The Morgan fingerprint density at radius 2 is 2.21 bits per heavy atom. The second-order valence-electron chi connectivity index (χ2n) is 4.66. The molecule has 0 spiro atoms. The molecule has 1 aromatic heterocycles. The first-order valence-corrected chi connectivity index (χ1v) is 6.71. The van der Waals surface area contributed by atoms with Crippen LogP contribution in [0.25, 0.3) is 0 Å². The molecule has 0 radical (unpaired) electrons. The maximum Gasteiger partial charge on any atom is 0.272 e. The van der Waals surface area contributed by atoms with E-state index in [1.807, 2.05) is 24.3 Å². The van der Waals surface area contributed by atoms with Gasteiger partial charge in [0.15, 0.2) is 5.69 Å². The van der Waals surface area contributed by atoms with Crippen molar-refractivity contribution < 1.29 is 4.79 Å². The summed E-state index contributed by atoms with van der Waals surface area (Å²) < 4.78 is 0. The molecule has 2 aromatic rings. The molecule has 0 unspecified atom stereocenters. The second kappa shape index (κ2) is 5.05. The highest BCUT2D eigenvalue weighted by Crippen LogP contribution is 2.22. The van der Waals surface area contributed by atoms with Crippen LogP contribution in [0.15, 0.2) is 24.3 Å². The molecule has 3 rings (SSSR count). The first-order chi connectivity index (χ1) is 9.25. The van der Waals surface area contributed by atoms with Crippen LogP contribution in [-0.2, 0) is 19.4 Å². The van der Waals surface area contributed by atoms with Gasteiger partial charge in [0.25, 0.3) is 5.91 Å². The van der Waals surface area contributed by atoms with Crippen molar-refractivity contribution in [1.82, 2.24) is 15.5 Å². The lowest BCUT2D eigenvalue weighted by atomic mass is 10.2. The zero-order valence-electron chi connectivity index (χ0n) is 10.4. The van der Waals surface area contributed by atoms with E-state index in [0.717, 1.165) is 36.1 Å². The van der Waals surface area contributed by atoms with E-state index < -0.39 is 0 Å². The van der Waals surface area contributed by atoms with Crippen LogP contribution in [0.1, 0.15) is 33.7 Å². The van der Waals surface area contributed by atoms with Gasteiger partial charge in [-0.05, 0) is 30.9 Å². The maximum atomic E-state index is 12.1. The fourth-order valence-electron chi connectivity index (χ4n) is 2.41. The minimum atomic E-state index is -0.140. The van der Waals surface area contributed by atoms with Gasteiger partial charge in [-0.15, -0.1) is 0 Å². The van der Waals surface area contributed by atoms with Gasteiger partial charge >= 0.3 is 0 Å². The lowest BCUT2D eigenvalue weighted by molar-refractivity contribution is 0.0945. The molecule has 19 heavy (non-hydrogen) atoms. The summed E-state index contributed by atoms with van der Waals surface area (Å²) >= 11 is 6.05. The lowest BCUT2D eigenvalue weighted by Gasteiger charge is -2.06. The molecule has 0 saturated heterocycles. The minimum Gasteiger partial charge on any atom is -0.347 e. The molecule has 2 N–H and O–H groups in total. The van der Waals surface area contributed by atoms with Gasteiger partial charge in [0.2, 0.25) is 0 Å². The van der Waals surface area contributed by atoms with Gasteiger partial charge in [0.1, 0.15) is 0 Å². The highest BCUT2D eigenvalue weighted by Gasteiger charge is 2.22. The third-order valence-electron chi connectivity index (χ3n) is 3.42. The summed E-state index contributed by atoms with van der Waals surface area (Å²) in [6.45, 7) is 0.417. The molecule has 1 amide bonds. The molecule has 1 aliphatic carbocycles. The number of hydrogen-bond donors (Lipinski definition) is 2. The molecule has 0 saturated carbocycles. The third kappa shape index (κ3) is 2.36. The van der Waals surface area contributed by atoms with E-state index in [0.29, 0.717) is 17.3 Å². The van der Waals surface area contributed by atoms with Gasteiger partial charge in [0.05, 0.1) is 0 Å². The van der Waals surface area contributed by atoms with Gasteiger partial charge < -0.3 is 5.32 Å².